The summed E-state index contributed by atoms with van der Waals surface area (Å²) >= 11 is 2.53. The van der Waals surface area contributed by atoms with E-state index in [9.17, 15) is 0 Å². The molecule has 1 heteroatoms. The molecule has 0 saturated heterocycles. The van der Waals surface area contributed by atoms with Crippen molar-refractivity contribution in [1.29, 1.82) is 0 Å². The lowest BCUT2D eigenvalue weighted by atomic mass is 9.80. The molecule has 0 nitrogen and oxygen atoms in total. The van der Waals surface area contributed by atoms with Crippen molar-refractivity contribution < 1.29 is 0 Å². The van der Waals surface area contributed by atoms with Crippen LogP contribution in [-0.4, -0.2) is 3.92 Å². The SMILES string of the molecule is CC1(C)C2=CC(I)CC=C2c2ccccc21. The Bertz CT molecular complexity index is 506. The molecule has 82 valence electrons. The van der Waals surface area contributed by atoms with Crippen molar-refractivity contribution in [2.75, 3.05) is 0 Å². The predicted molar refractivity (Wildman–Crippen MR) is 78.0 cm³/mol. The van der Waals surface area contributed by atoms with Gasteiger partial charge in [-0.1, -0.05) is 72.9 Å². The minimum absolute atomic E-state index is 0.187. The molecule has 0 aromatic heterocycles. The first kappa shape index (κ1) is 10.6. The van der Waals surface area contributed by atoms with E-state index in [4.69, 9.17) is 0 Å². The quantitative estimate of drug-likeness (QED) is 0.487. The summed E-state index contributed by atoms with van der Waals surface area (Å²) in [6.07, 6.45) is 6.04. The summed E-state index contributed by atoms with van der Waals surface area (Å²) in [5, 5.41) is 0. The van der Waals surface area contributed by atoms with Crippen LogP contribution in [0.25, 0.3) is 5.57 Å². The zero-order chi connectivity index (χ0) is 11.3. The maximum Gasteiger partial charge on any atom is 0.0330 e. The Morgan fingerprint density at radius 2 is 2.00 bits per heavy atom. The van der Waals surface area contributed by atoms with E-state index < -0.39 is 0 Å². The van der Waals surface area contributed by atoms with Crippen LogP contribution in [0.1, 0.15) is 31.4 Å². The van der Waals surface area contributed by atoms with Gasteiger partial charge in [0.1, 0.15) is 0 Å². The Hall–Kier alpha value is -0.570. The van der Waals surface area contributed by atoms with Crippen LogP contribution in [0.4, 0.5) is 0 Å². The van der Waals surface area contributed by atoms with Gasteiger partial charge >= 0.3 is 0 Å². The van der Waals surface area contributed by atoms with E-state index in [2.05, 4.69) is 72.9 Å². The predicted octanol–water partition coefficient (Wildman–Crippen LogP) is 4.49. The summed E-state index contributed by atoms with van der Waals surface area (Å²) in [7, 11) is 0. The average Bonchev–Trinajstić information content (AvgIpc) is 2.49. The van der Waals surface area contributed by atoms with Gasteiger partial charge in [-0.15, -0.1) is 0 Å². The molecule has 1 atom stereocenters. The summed E-state index contributed by atoms with van der Waals surface area (Å²) in [6.45, 7) is 4.68. The highest BCUT2D eigenvalue weighted by molar-refractivity contribution is 14.1. The van der Waals surface area contributed by atoms with E-state index in [1.54, 1.807) is 0 Å². The Balaban J connectivity index is 2.28. The Morgan fingerprint density at radius 3 is 2.81 bits per heavy atom. The van der Waals surface area contributed by atoms with E-state index in [0.717, 1.165) is 0 Å². The van der Waals surface area contributed by atoms with Crippen LogP contribution in [0, 0.1) is 0 Å². The molecular formula is C15H15I. The topological polar surface area (TPSA) is 0 Å². The molecule has 1 aromatic carbocycles. The number of halogens is 1. The molecule has 2 aliphatic rings. The van der Waals surface area contributed by atoms with Gasteiger partial charge in [-0.2, -0.15) is 0 Å². The van der Waals surface area contributed by atoms with Crippen molar-refractivity contribution >= 4 is 28.2 Å². The molecular weight excluding hydrogens is 307 g/mol. The standard InChI is InChI=1S/C15H15I/c1-15(2)13-6-4-3-5-11(13)12-8-7-10(16)9-14(12)15/h3-6,8-10H,7H2,1-2H3. The first-order valence-electron chi connectivity index (χ1n) is 5.77. The minimum atomic E-state index is 0.187. The molecule has 0 heterocycles. The van der Waals surface area contributed by atoms with E-state index in [0.29, 0.717) is 3.92 Å². The largest absolute Gasteiger partial charge is 0.0777 e. The van der Waals surface area contributed by atoms with Gasteiger partial charge < -0.3 is 0 Å². The van der Waals surface area contributed by atoms with Crippen LogP contribution >= 0.6 is 22.6 Å². The summed E-state index contributed by atoms with van der Waals surface area (Å²) < 4.78 is 0.657. The summed E-state index contributed by atoms with van der Waals surface area (Å²) in [5.41, 5.74) is 6.12. The maximum atomic E-state index is 2.53. The van der Waals surface area contributed by atoms with E-state index >= 15 is 0 Å². The van der Waals surface area contributed by atoms with E-state index in [1.165, 1.54) is 28.7 Å². The van der Waals surface area contributed by atoms with Gasteiger partial charge in [-0.05, 0) is 28.7 Å². The minimum Gasteiger partial charge on any atom is -0.0777 e. The third-order valence-corrected chi connectivity index (χ3v) is 4.62. The second-order valence-corrected chi connectivity index (χ2v) is 6.72. The van der Waals surface area contributed by atoms with Crippen LogP contribution < -0.4 is 0 Å². The first-order valence-corrected chi connectivity index (χ1v) is 7.02. The number of rotatable bonds is 0. The van der Waals surface area contributed by atoms with Crippen LogP contribution in [0.3, 0.4) is 0 Å². The van der Waals surface area contributed by atoms with Crippen LogP contribution in [-0.2, 0) is 5.41 Å². The fourth-order valence-corrected chi connectivity index (χ4v) is 3.50. The average molecular weight is 322 g/mol. The third-order valence-electron chi connectivity index (χ3n) is 3.75. The van der Waals surface area contributed by atoms with Gasteiger partial charge in [0, 0.05) is 9.34 Å². The van der Waals surface area contributed by atoms with Gasteiger partial charge in [-0.3, -0.25) is 0 Å². The highest BCUT2D eigenvalue weighted by Crippen LogP contribution is 2.51. The normalized spacial score (nSPS) is 25.6. The number of allylic oxidation sites excluding steroid dienone is 4. The number of benzene rings is 1. The fraction of sp³-hybridized carbons (Fsp3) is 0.333. The van der Waals surface area contributed by atoms with Crippen LogP contribution in [0.15, 0.2) is 42.0 Å². The fourth-order valence-electron chi connectivity index (χ4n) is 2.89. The molecule has 0 N–H and O–H groups in total. The maximum absolute atomic E-state index is 2.53. The molecule has 0 radical (unpaired) electrons. The third kappa shape index (κ3) is 1.33. The Labute approximate surface area is 111 Å². The molecule has 0 saturated carbocycles. The zero-order valence-electron chi connectivity index (χ0n) is 9.63. The number of fused-ring (bicyclic) bond motifs is 3. The summed E-state index contributed by atoms with van der Waals surface area (Å²) in [6, 6.07) is 8.84. The van der Waals surface area contributed by atoms with Gasteiger partial charge in [-0.25, -0.2) is 0 Å². The second kappa shape index (κ2) is 3.46. The van der Waals surface area contributed by atoms with Gasteiger partial charge in [0.25, 0.3) is 0 Å². The first-order chi connectivity index (χ1) is 7.60. The van der Waals surface area contributed by atoms with Crippen molar-refractivity contribution in [2.45, 2.75) is 29.6 Å². The van der Waals surface area contributed by atoms with Gasteiger partial charge in [0.2, 0.25) is 0 Å². The zero-order valence-corrected chi connectivity index (χ0v) is 11.8. The molecule has 0 amide bonds. The monoisotopic (exact) mass is 322 g/mol. The molecule has 0 spiro atoms. The number of alkyl halides is 1. The van der Waals surface area contributed by atoms with E-state index in [-0.39, 0.29) is 5.41 Å². The van der Waals surface area contributed by atoms with Crippen molar-refractivity contribution in [3.8, 4) is 0 Å². The molecule has 16 heavy (non-hydrogen) atoms. The number of hydrogen-bond donors (Lipinski definition) is 0. The molecule has 0 bridgehead atoms. The number of hydrogen-bond acceptors (Lipinski definition) is 0. The van der Waals surface area contributed by atoms with Gasteiger partial charge in [0.05, 0.1) is 0 Å². The molecule has 2 aliphatic carbocycles. The summed E-state index contributed by atoms with van der Waals surface area (Å²) in [5.74, 6) is 0. The molecule has 0 fully saturated rings. The van der Waals surface area contributed by atoms with Crippen LogP contribution in [0.5, 0.6) is 0 Å². The van der Waals surface area contributed by atoms with Crippen molar-refractivity contribution in [2.24, 2.45) is 0 Å². The lowest BCUT2D eigenvalue weighted by Gasteiger charge is -2.24. The Kier molecular flexibility index (Phi) is 2.29. The van der Waals surface area contributed by atoms with E-state index in [1.807, 2.05) is 0 Å². The highest BCUT2D eigenvalue weighted by atomic mass is 127. The summed E-state index contributed by atoms with van der Waals surface area (Å²) in [4.78, 5) is 0. The second-order valence-electron chi connectivity index (χ2n) is 5.12. The molecule has 1 aromatic rings. The molecule has 0 aliphatic heterocycles. The lowest BCUT2D eigenvalue weighted by molar-refractivity contribution is 0.656. The lowest BCUT2D eigenvalue weighted by Crippen LogP contribution is -2.17. The highest BCUT2D eigenvalue weighted by Gasteiger charge is 2.38. The van der Waals surface area contributed by atoms with Crippen LogP contribution in [0.2, 0.25) is 0 Å². The van der Waals surface area contributed by atoms with Crippen molar-refractivity contribution in [3.05, 3.63) is 53.1 Å². The van der Waals surface area contributed by atoms with Crippen molar-refractivity contribution in [1.82, 2.24) is 0 Å². The smallest absolute Gasteiger partial charge is 0.0330 e. The van der Waals surface area contributed by atoms with Crippen molar-refractivity contribution in [3.63, 3.8) is 0 Å². The molecule has 1 unspecified atom stereocenters. The van der Waals surface area contributed by atoms with Gasteiger partial charge in [0.15, 0.2) is 0 Å². The molecule has 3 rings (SSSR count). The Morgan fingerprint density at radius 1 is 1.25 bits per heavy atom.